The zero-order valence-corrected chi connectivity index (χ0v) is 10.7. The van der Waals surface area contributed by atoms with Crippen molar-refractivity contribution < 1.29 is 14.3 Å². The molecule has 0 aliphatic heterocycles. The van der Waals surface area contributed by atoms with Crippen molar-refractivity contribution in [3.63, 3.8) is 0 Å². The van der Waals surface area contributed by atoms with E-state index in [4.69, 9.17) is 5.11 Å². The fourth-order valence-electron chi connectivity index (χ4n) is 1.39. The molecule has 0 heterocycles. The Morgan fingerprint density at radius 1 is 1.44 bits per heavy atom. The zero-order valence-electron chi connectivity index (χ0n) is 10.7. The van der Waals surface area contributed by atoms with Crippen molar-refractivity contribution in [3.05, 3.63) is 35.1 Å². The molecule has 5 heteroatoms. The molecular formula is C13H19FN2O2. The SMILES string of the molecule is Cc1ccc(CNC(=O)NCCC(C)O)cc1F. The number of rotatable bonds is 5. The summed E-state index contributed by atoms with van der Waals surface area (Å²) in [5.74, 6) is -0.274. The number of aliphatic hydroxyl groups is 1. The molecule has 1 atom stereocenters. The van der Waals surface area contributed by atoms with E-state index in [1.165, 1.54) is 6.07 Å². The van der Waals surface area contributed by atoms with Crippen LogP contribution in [0.15, 0.2) is 18.2 Å². The van der Waals surface area contributed by atoms with Crippen LogP contribution in [0.2, 0.25) is 0 Å². The van der Waals surface area contributed by atoms with E-state index in [-0.39, 0.29) is 18.4 Å². The molecule has 0 bridgehead atoms. The summed E-state index contributed by atoms with van der Waals surface area (Å²) in [5, 5.41) is 14.2. The summed E-state index contributed by atoms with van der Waals surface area (Å²) in [6.45, 7) is 4.04. The summed E-state index contributed by atoms with van der Waals surface area (Å²) in [7, 11) is 0. The third kappa shape index (κ3) is 5.14. The van der Waals surface area contributed by atoms with Gasteiger partial charge in [0, 0.05) is 13.1 Å². The van der Waals surface area contributed by atoms with Gasteiger partial charge in [-0.15, -0.1) is 0 Å². The lowest BCUT2D eigenvalue weighted by molar-refractivity contribution is 0.183. The molecule has 0 aliphatic rings. The second kappa shape index (κ2) is 6.96. The van der Waals surface area contributed by atoms with Gasteiger partial charge in [0.1, 0.15) is 5.82 Å². The van der Waals surface area contributed by atoms with Crippen molar-refractivity contribution in [2.75, 3.05) is 6.54 Å². The quantitative estimate of drug-likeness (QED) is 0.749. The Morgan fingerprint density at radius 3 is 2.78 bits per heavy atom. The molecule has 0 fully saturated rings. The lowest BCUT2D eigenvalue weighted by Gasteiger charge is -2.09. The lowest BCUT2D eigenvalue weighted by Crippen LogP contribution is -2.36. The van der Waals surface area contributed by atoms with Gasteiger partial charge >= 0.3 is 6.03 Å². The van der Waals surface area contributed by atoms with E-state index < -0.39 is 6.10 Å². The average molecular weight is 254 g/mol. The highest BCUT2D eigenvalue weighted by molar-refractivity contribution is 5.73. The molecule has 1 rings (SSSR count). The summed E-state index contributed by atoms with van der Waals surface area (Å²) < 4.78 is 13.2. The summed E-state index contributed by atoms with van der Waals surface area (Å²) in [6.07, 6.45) is 0.0727. The number of nitrogens with one attached hydrogen (secondary N) is 2. The van der Waals surface area contributed by atoms with Crippen LogP contribution in [0, 0.1) is 12.7 Å². The Kier molecular flexibility index (Phi) is 5.58. The molecule has 2 amide bonds. The minimum atomic E-state index is -0.434. The van der Waals surface area contributed by atoms with E-state index in [0.717, 1.165) is 0 Å². The second-order valence-corrected chi connectivity index (χ2v) is 4.33. The Balaban J connectivity index is 2.31. The van der Waals surface area contributed by atoms with Crippen LogP contribution in [-0.4, -0.2) is 23.8 Å². The largest absolute Gasteiger partial charge is 0.393 e. The molecule has 0 saturated heterocycles. The standard InChI is InChI=1S/C13H19FN2O2/c1-9-3-4-11(7-12(9)14)8-16-13(18)15-6-5-10(2)17/h3-4,7,10,17H,5-6,8H2,1-2H3,(H2,15,16,18). The minimum Gasteiger partial charge on any atom is -0.393 e. The Labute approximate surface area is 106 Å². The van der Waals surface area contributed by atoms with E-state index in [0.29, 0.717) is 24.1 Å². The summed E-state index contributed by atoms with van der Waals surface area (Å²) in [6, 6.07) is 4.54. The van der Waals surface area contributed by atoms with Crippen molar-refractivity contribution in [3.8, 4) is 0 Å². The van der Waals surface area contributed by atoms with Crippen molar-refractivity contribution in [2.24, 2.45) is 0 Å². The Hall–Kier alpha value is -1.62. The first-order valence-electron chi connectivity index (χ1n) is 5.94. The van der Waals surface area contributed by atoms with Crippen molar-refractivity contribution >= 4 is 6.03 Å². The van der Waals surface area contributed by atoms with E-state index >= 15 is 0 Å². The predicted molar refractivity (Wildman–Crippen MR) is 67.7 cm³/mol. The van der Waals surface area contributed by atoms with Gasteiger partial charge in [0.2, 0.25) is 0 Å². The Morgan fingerprint density at radius 2 is 2.17 bits per heavy atom. The smallest absolute Gasteiger partial charge is 0.315 e. The first kappa shape index (κ1) is 14.4. The number of carbonyl (C=O) groups excluding carboxylic acids is 1. The number of aliphatic hydroxyl groups excluding tert-OH is 1. The van der Waals surface area contributed by atoms with E-state index in [2.05, 4.69) is 10.6 Å². The molecule has 0 aliphatic carbocycles. The van der Waals surface area contributed by atoms with Crippen LogP contribution >= 0.6 is 0 Å². The van der Waals surface area contributed by atoms with Gasteiger partial charge in [-0.3, -0.25) is 0 Å². The number of hydrogen-bond donors (Lipinski definition) is 3. The average Bonchev–Trinajstić information content (AvgIpc) is 2.30. The van der Waals surface area contributed by atoms with Crippen LogP contribution in [0.3, 0.4) is 0 Å². The maximum atomic E-state index is 13.2. The summed E-state index contributed by atoms with van der Waals surface area (Å²) in [4.78, 5) is 11.4. The van der Waals surface area contributed by atoms with E-state index in [9.17, 15) is 9.18 Å². The molecule has 18 heavy (non-hydrogen) atoms. The normalized spacial score (nSPS) is 12.0. The number of urea groups is 1. The lowest BCUT2D eigenvalue weighted by atomic mass is 10.1. The van der Waals surface area contributed by atoms with Gasteiger partial charge < -0.3 is 15.7 Å². The van der Waals surface area contributed by atoms with Crippen LogP contribution in [0.1, 0.15) is 24.5 Å². The fourth-order valence-corrected chi connectivity index (χ4v) is 1.39. The number of halogens is 1. The predicted octanol–water partition coefficient (Wildman–Crippen LogP) is 1.70. The number of aryl methyl sites for hydroxylation is 1. The number of amides is 2. The van der Waals surface area contributed by atoms with E-state index in [1.54, 1.807) is 26.0 Å². The second-order valence-electron chi connectivity index (χ2n) is 4.33. The Bertz CT molecular complexity index is 408. The highest BCUT2D eigenvalue weighted by Crippen LogP contribution is 2.08. The molecule has 0 saturated carbocycles. The van der Waals surface area contributed by atoms with Gasteiger partial charge in [-0.2, -0.15) is 0 Å². The number of benzene rings is 1. The first-order chi connectivity index (χ1) is 8.49. The van der Waals surface area contributed by atoms with Crippen LogP contribution in [0.5, 0.6) is 0 Å². The van der Waals surface area contributed by atoms with Crippen molar-refractivity contribution in [2.45, 2.75) is 32.9 Å². The summed E-state index contributed by atoms with van der Waals surface area (Å²) >= 11 is 0. The highest BCUT2D eigenvalue weighted by atomic mass is 19.1. The molecule has 1 unspecified atom stereocenters. The third-order valence-electron chi connectivity index (χ3n) is 2.54. The van der Waals surface area contributed by atoms with Crippen molar-refractivity contribution in [1.29, 1.82) is 0 Å². The van der Waals surface area contributed by atoms with Gasteiger partial charge in [0.15, 0.2) is 0 Å². The molecule has 0 radical (unpaired) electrons. The zero-order chi connectivity index (χ0) is 13.5. The van der Waals surface area contributed by atoms with Crippen LogP contribution in [0.25, 0.3) is 0 Å². The van der Waals surface area contributed by atoms with Crippen molar-refractivity contribution in [1.82, 2.24) is 10.6 Å². The summed E-state index contributed by atoms with van der Waals surface area (Å²) in [5.41, 5.74) is 1.30. The molecule has 0 spiro atoms. The maximum absolute atomic E-state index is 13.2. The molecule has 4 nitrogen and oxygen atoms in total. The molecule has 0 aromatic heterocycles. The topological polar surface area (TPSA) is 61.4 Å². The number of carbonyl (C=O) groups is 1. The maximum Gasteiger partial charge on any atom is 0.315 e. The van der Waals surface area contributed by atoms with Gasteiger partial charge in [-0.05, 0) is 37.5 Å². The van der Waals surface area contributed by atoms with Crippen LogP contribution < -0.4 is 10.6 Å². The minimum absolute atomic E-state index is 0.274. The molecule has 1 aromatic rings. The fraction of sp³-hybridized carbons (Fsp3) is 0.462. The monoisotopic (exact) mass is 254 g/mol. The van der Waals surface area contributed by atoms with Gasteiger partial charge in [0.25, 0.3) is 0 Å². The molecule has 3 N–H and O–H groups in total. The molecule has 1 aromatic carbocycles. The molecule has 100 valence electrons. The first-order valence-corrected chi connectivity index (χ1v) is 5.94. The number of hydrogen-bond acceptors (Lipinski definition) is 2. The van der Waals surface area contributed by atoms with Crippen LogP contribution in [-0.2, 0) is 6.54 Å². The van der Waals surface area contributed by atoms with Gasteiger partial charge in [0.05, 0.1) is 6.10 Å². The van der Waals surface area contributed by atoms with Crippen LogP contribution in [0.4, 0.5) is 9.18 Å². The third-order valence-corrected chi connectivity index (χ3v) is 2.54. The van der Waals surface area contributed by atoms with Gasteiger partial charge in [-0.1, -0.05) is 12.1 Å². The van der Waals surface area contributed by atoms with Gasteiger partial charge in [-0.25, -0.2) is 9.18 Å². The molecular weight excluding hydrogens is 235 g/mol. The van der Waals surface area contributed by atoms with E-state index in [1.807, 2.05) is 0 Å². The highest BCUT2D eigenvalue weighted by Gasteiger charge is 2.03.